The number of anilines is 1. The Hall–Kier alpha value is -1.07. The molecule has 1 aromatic carbocycles. The van der Waals surface area contributed by atoms with Gasteiger partial charge in [0.25, 0.3) is 0 Å². The van der Waals surface area contributed by atoms with Gasteiger partial charge in [0.15, 0.2) is 9.84 Å². The Morgan fingerprint density at radius 1 is 1.47 bits per heavy atom. The highest BCUT2D eigenvalue weighted by atomic mass is 32.2. The molecule has 0 spiro atoms. The lowest BCUT2D eigenvalue weighted by atomic mass is 10.2. The Bertz CT molecular complexity index is 504. The molecule has 5 heteroatoms. The lowest BCUT2D eigenvalue weighted by Crippen LogP contribution is -2.21. The van der Waals surface area contributed by atoms with Gasteiger partial charge in [-0.05, 0) is 31.4 Å². The Kier molecular flexibility index (Phi) is 3.40. The number of para-hydroxylation sites is 1. The molecule has 1 saturated heterocycles. The summed E-state index contributed by atoms with van der Waals surface area (Å²) < 4.78 is 29.8. The van der Waals surface area contributed by atoms with Gasteiger partial charge in [-0.15, -0.1) is 0 Å². The summed E-state index contributed by atoms with van der Waals surface area (Å²) in [7, 11) is -3.35. The van der Waals surface area contributed by atoms with Crippen LogP contribution < -0.4 is 5.73 Å². The van der Waals surface area contributed by atoms with Gasteiger partial charge in [-0.2, -0.15) is 0 Å². The summed E-state index contributed by atoms with van der Waals surface area (Å²) in [6.45, 7) is 2.46. The van der Waals surface area contributed by atoms with Crippen LogP contribution in [0.25, 0.3) is 0 Å². The third-order valence-electron chi connectivity index (χ3n) is 3.05. The normalized spacial score (nSPS) is 20.6. The van der Waals surface area contributed by atoms with Gasteiger partial charge in [-0.25, -0.2) is 8.42 Å². The van der Waals surface area contributed by atoms with Gasteiger partial charge in [-0.3, -0.25) is 0 Å². The van der Waals surface area contributed by atoms with Crippen LogP contribution in [0.1, 0.15) is 18.4 Å². The molecule has 1 fully saturated rings. The van der Waals surface area contributed by atoms with Crippen molar-refractivity contribution in [1.82, 2.24) is 0 Å². The van der Waals surface area contributed by atoms with Gasteiger partial charge in [-0.1, -0.05) is 12.1 Å². The Morgan fingerprint density at radius 2 is 2.24 bits per heavy atom. The SMILES string of the molecule is Cc1cccc(S(=O)(=O)CC2CCCO2)c1N. The van der Waals surface area contributed by atoms with E-state index in [4.69, 9.17) is 10.5 Å². The fraction of sp³-hybridized carbons (Fsp3) is 0.500. The minimum atomic E-state index is -3.35. The lowest BCUT2D eigenvalue weighted by molar-refractivity contribution is 0.127. The second kappa shape index (κ2) is 4.66. The Morgan fingerprint density at radius 3 is 2.88 bits per heavy atom. The minimum Gasteiger partial charge on any atom is -0.397 e. The summed E-state index contributed by atoms with van der Waals surface area (Å²) in [5.41, 5.74) is 6.97. The molecule has 1 atom stereocenters. The smallest absolute Gasteiger partial charge is 0.182 e. The third kappa shape index (κ3) is 2.61. The molecule has 1 aliphatic heterocycles. The number of nitrogens with two attached hydrogens (primary N) is 1. The van der Waals surface area contributed by atoms with Crippen molar-refractivity contribution in [3.8, 4) is 0 Å². The van der Waals surface area contributed by atoms with Crippen LogP contribution in [0.2, 0.25) is 0 Å². The van der Waals surface area contributed by atoms with Crippen molar-refractivity contribution in [3.63, 3.8) is 0 Å². The van der Waals surface area contributed by atoms with Crippen LogP contribution in [0.5, 0.6) is 0 Å². The molecule has 0 radical (unpaired) electrons. The highest BCUT2D eigenvalue weighted by Crippen LogP contribution is 2.25. The van der Waals surface area contributed by atoms with Crippen molar-refractivity contribution in [2.45, 2.75) is 30.8 Å². The standard InChI is InChI=1S/C12H17NO3S/c1-9-4-2-6-11(12(9)13)17(14,15)8-10-5-3-7-16-10/h2,4,6,10H,3,5,7-8,13H2,1H3. The van der Waals surface area contributed by atoms with Crippen molar-refractivity contribution in [1.29, 1.82) is 0 Å². The van der Waals surface area contributed by atoms with Gasteiger partial charge >= 0.3 is 0 Å². The summed E-state index contributed by atoms with van der Waals surface area (Å²) in [5, 5.41) is 0. The fourth-order valence-corrected chi connectivity index (χ4v) is 3.75. The van der Waals surface area contributed by atoms with Gasteiger partial charge in [0.1, 0.15) is 0 Å². The van der Waals surface area contributed by atoms with Crippen LogP contribution in [-0.4, -0.2) is 26.9 Å². The number of nitrogen functional groups attached to an aromatic ring is 1. The lowest BCUT2D eigenvalue weighted by Gasteiger charge is -2.12. The van der Waals surface area contributed by atoms with E-state index in [1.54, 1.807) is 25.1 Å². The van der Waals surface area contributed by atoms with Gasteiger partial charge < -0.3 is 10.5 Å². The minimum absolute atomic E-state index is 0.0284. The van der Waals surface area contributed by atoms with Gasteiger partial charge in [0.2, 0.25) is 0 Å². The summed E-state index contributed by atoms with van der Waals surface area (Å²) in [4.78, 5) is 0.230. The van der Waals surface area contributed by atoms with E-state index >= 15 is 0 Å². The number of rotatable bonds is 3. The molecular formula is C12H17NO3S. The van der Waals surface area contributed by atoms with E-state index in [1.165, 1.54) is 0 Å². The second-order valence-electron chi connectivity index (χ2n) is 4.40. The maximum Gasteiger partial charge on any atom is 0.182 e. The quantitative estimate of drug-likeness (QED) is 0.832. The van der Waals surface area contributed by atoms with E-state index < -0.39 is 9.84 Å². The molecule has 0 saturated carbocycles. The molecular weight excluding hydrogens is 238 g/mol. The predicted octanol–water partition coefficient (Wildman–Crippen LogP) is 1.53. The average Bonchev–Trinajstić information content (AvgIpc) is 2.73. The second-order valence-corrected chi connectivity index (χ2v) is 6.41. The van der Waals surface area contributed by atoms with Gasteiger partial charge in [0.05, 0.1) is 22.4 Å². The molecule has 17 heavy (non-hydrogen) atoms. The van der Waals surface area contributed by atoms with E-state index in [0.717, 1.165) is 18.4 Å². The molecule has 0 amide bonds. The zero-order chi connectivity index (χ0) is 12.5. The molecule has 0 bridgehead atoms. The number of benzene rings is 1. The van der Waals surface area contributed by atoms with Crippen molar-refractivity contribution in [3.05, 3.63) is 23.8 Å². The monoisotopic (exact) mass is 255 g/mol. The molecule has 94 valence electrons. The van der Waals surface area contributed by atoms with Crippen molar-refractivity contribution < 1.29 is 13.2 Å². The number of sulfone groups is 1. The zero-order valence-electron chi connectivity index (χ0n) is 9.85. The highest BCUT2D eigenvalue weighted by molar-refractivity contribution is 7.91. The predicted molar refractivity (Wildman–Crippen MR) is 66.6 cm³/mol. The zero-order valence-corrected chi connectivity index (χ0v) is 10.7. The van der Waals surface area contributed by atoms with E-state index in [2.05, 4.69) is 0 Å². The van der Waals surface area contributed by atoms with E-state index in [-0.39, 0.29) is 16.8 Å². The molecule has 1 unspecified atom stereocenters. The molecule has 1 heterocycles. The first-order valence-electron chi connectivity index (χ1n) is 5.70. The van der Waals surface area contributed by atoms with Crippen LogP contribution in [0, 0.1) is 6.92 Å². The van der Waals surface area contributed by atoms with Crippen LogP contribution in [-0.2, 0) is 14.6 Å². The Labute approximate surface area is 102 Å². The summed E-state index contributed by atoms with van der Waals surface area (Å²) >= 11 is 0. The number of hydrogen-bond acceptors (Lipinski definition) is 4. The number of aryl methyl sites for hydroxylation is 1. The molecule has 0 aliphatic carbocycles. The summed E-state index contributed by atoms with van der Waals surface area (Å²) in [6.07, 6.45) is 1.56. The number of ether oxygens (including phenoxy) is 1. The average molecular weight is 255 g/mol. The van der Waals surface area contributed by atoms with Crippen molar-refractivity contribution >= 4 is 15.5 Å². The maximum atomic E-state index is 12.2. The first-order valence-corrected chi connectivity index (χ1v) is 7.35. The van der Waals surface area contributed by atoms with E-state index in [1.807, 2.05) is 0 Å². The fourth-order valence-electron chi connectivity index (χ4n) is 2.04. The topological polar surface area (TPSA) is 69.4 Å². The summed E-state index contributed by atoms with van der Waals surface area (Å²) in [5.74, 6) is 0.0284. The Balaban J connectivity index is 2.28. The molecule has 2 rings (SSSR count). The largest absolute Gasteiger partial charge is 0.397 e. The van der Waals surface area contributed by atoms with Crippen LogP contribution in [0.3, 0.4) is 0 Å². The van der Waals surface area contributed by atoms with E-state index in [9.17, 15) is 8.42 Å². The first kappa shape index (κ1) is 12.4. The third-order valence-corrected chi connectivity index (χ3v) is 4.89. The molecule has 1 aliphatic rings. The molecule has 2 N–H and O–H groups in total. The van der Waals surface area contributed by atoms with Crippen LogP contribution in [0.4, 0.5) is 5.69 Å². The van der Waals surface area contributed by atoms with Crippen molar-refractivity contribution in [2.24, 2.45) is 0 Å². The first-order chi connectivity index (χ1) is 8.00. The molecule has 0 aromatic heterocycles. The van der Waals surface area contributed by atoms with Crippen molar-refractivity contribution in [2.75, 3.05) is 18.1 Å². The summed E-state index contributed by atoms with van der Waals surface area (Å²) in [6, 6.07) is 5.08. The maximum absolute atomic E-state index is 12.2. The van der Waals surface area contributed by atoms with E-state index in [0.29, 0.717) is 12.3 Å². The highest BCUT2D eigenvalue weighted by Gasteiger charge is 2.26. The van der Waals surface area contributed by atoms with Crippen LogP contribution in [0.15, 0.2) is 23.1 Å². The molecule has 4 nitrogen and oxygen atoms in total. The number of hydrogen-bond donors (Lipinski definition) is 1. The molecule has 1 aromatic rings. The van der Waals surface area contributed by atoms with Crippen LogP contribution >= 0.6 is 0 Å². The van der Waals surface area contributed by atoms with Gasteiger partial charge in [0, 0.05) is 6.61 Å².